The number of nitrogens with zero attached hydrogens (tertiary/aromatic N) is 3. The fourth-order valence-electron chi connectivity index (χ4n) is 7.73. The number of carbonyl (C=O) groups excluding carboxylic acids is 3. The zero-order valence-electron chi connectivity index (χ0n) is 20.7. The molecule has 2 saturated heterocycles. The van der Waals surface area contributed by atoms with Crippen LogP contribution in [0, 0.1) is 16.2 Å². The maximum atomic E-state index is 14.0. The number of anilines is 2. The van der Waals surface area contributed by atoms with Crippen molar-refractivity contribution >= 4 is 46.6 Å². The average Bonchev–Trinajstić information content (AvgIpc) is 3.00. The maximum Gasteiger partial charge on any atom is 0.332 e. The Morgan fingerprint density at radius 3 is 2.32 bits per heavy atom. The van der Waals surface area contributed by atoms with E-state index in [1.54, 1.807) is 7.05 Å². The molecular weight excluding hydrogens is 450 g/mol. The van der Waals surface area contributed by atoms with Crippen molar-refractivity contribution in [3.05, 3.63) is 23.8 Å². The largest absolute Gasteiger partial charge is 0.366 e. The first-order chi connectivity index (χ1) is 15.8. The quantitative estimate of drug-likeness (QED) is 0.469. The first kappa shape index (κ1) is 23.1. The highest BCUT2D eigenvalue weighted by Gasteiger charge is 2.71. The zero-order chi connectivity index (χ0) is 24.8. The number of imide groups is 2. The van der Waals surface area contributed by atoms with E-state index in [-0.39, 0.29) is 29.3 Å². The minimum Gasteiger partial charge on any atom is -0.366 e. The first-order valence-electron chi connectivity index (χ1n) is 11.8. The molecule has 1 aromatic rings. The molecule has 3 atom stereocenters. The van der Waals surface area contributed by atoms with Gasteiger partial charge in [0, 0.05) is 38.6 Å². The molecule has 3 aliphatic heterocycles. The minimum absolute atomic E-state index is 0.0885. The fraction of sp³-hybridized carbons (Fsp3) is 0.600. The summed E-state index contributed by atoms with van der Waals surface area (Å²) in [7, 11) is 4.74. The van der Waals surface area contributed by atoms with E-state index in [0.29, 0.717) is 5.11 Å². The summed E-state index contributed by atoms with van der Waals surface area (Å²) in [6, 6.07) is 5.42. The Balaban J connectivity index is 1.73. The van der Waals surface area contributed by atoms with Gasteiger partial charge in [0.2, 0.25) is 11.8 Å². The van der Waals surface area contributed by atoms with E-state index in [4.69, 9.17) is 12.2 Å². The van der Waals surface area contributed by atoms with Gasteiger partial charge in [-0.25, -0.2) is 4.79 Å². The topological polar surface area (TPSA) is 85.0 Å². The van der Waals surface area contributed by atoms with Gasteiger partial charge in [-0.05, 0) is 72.5 Å². The summed E-state index contributed by atoms with van der Waals surface area (Å²) in [5, 5.41) is 6.57. The van der Waals surface area contributed by atoms with Gasteiger partial charge in [0.15, 0.2) is 10.5 Å². The lowest BCUT2D eigenvalue weighted by atomic mass is 9.56. The van der Waals surface area contributed by atoms with Crippen LogP contribution in [0.4, 0.5) is 16.2 Å². The molecule has 0 aromatic heterocycles. The van der Waals surface area contributed by atoms with E-state index in [1.165, 1.54) is 14.1 Å². The first-order valence-corrected chi connectivity index (χ1v) is 12.3. The molecule has 8 nitrogen and oxygen atoms in total. The molecule has 4 amide bonds. The molecule has 2 bridgehead atoms. The summed E-state index contributed by atoms with van der Waals surface area (Å²) >= 11 is 5.28. The fourth-order valence-corrected chi connectivity index (χ4v) is 7.84. The lowest BCUT2D eigenvalue weighted by molar-refractivity contribution is -0.161. The molecule has 9 heteroatoms. The molecule has 34 heavy (non-hydrogen) atoms. The molecule has 5 rings (SSSR count). The van der Waals surface area contributed by atoms with Crippen LogP contribution in [0.1, 0.15) is 45.6 Å². The Morgan fingerprint density at radius 1 is 1.06 bits per heavy atom. The van der Waals surface area contributed by atoms with Crippen molar-refractivity contribution in [2.24, 2.45) is 16.2 Å². The summed E-state index contributed by atoms with van der Waals surface area (Å²) in [6.07, 6.45) is 3.10. The number of thiocarbonyl (C=S) groups is 1. The van der Waals surface area contributed by atoms with Gasteiger partial charge >= 0.3 is 6.03 Å². The molecular formula is C25H33N5O3S. The number of nitrogens with one attached hydrogen (secondary N) is 2. The second kappa shape index (κ2) is 7.16. The number of barbiturate groups is 1. The van der Waals surface area contributed by atoms with Crippen LogP contribution in [-0.2, 0) is 16.0 Å². The summed E-state index contributed by atoms with van der Waals surface area (Å²) in [4.78, 5) is 45.3. The molecule has 1 aromatic carbocycles. The summed E-state index contributed by atoms with van der Waals surface area (Å²) < 4.78 is 0. The van der Waals surface area contributed by atoms with Crippen LogP contribution in [0.3, 0.4) is 0 Å². The van der Waals surface area contributed by atoms with Gasteiger partial charge in [-0.15, -0.1) is 0 Å². The molecule has 182 valence electrons. The van der Waals surface area contributed by atoms with Crippen molar-refractivity contribution in [3.8, 4) is 0 Å². The van der Waals surface area contributed by atoms with Crippen molar-refractivity contribution in [3.63, 3.8) is 0 Å². The average molecular weight is 484 g/mol. The second-order valence-electron chi connectivity index (χ2n) is 11.6. The predicted molar refractivity (Wildman–Crippen MR) is 135 cm³/mol. The number of hydrogen-bond acceptors (Lipinski definition) is 5. The lowest BCUT2D eigenvalue weighted by Crippen LogP contribution is -2.72. The van der Waals surface area contributed by atoms with Gasteiger partial charge in [0.1, 0.15) is 0 Å². The Bertz CT molecular complexity index is 1110. The van der Waals surface area contributed by atoms with E-state index < -0.39 is 23.3 Å². The molecule has 1 spiro atoms. The molecule has 0 unspecified atom stereocenters. The van der Waals surface area contributed by atoms with Crippen LogP contribution in [0.2, 0.25) is 0 Å². The van der Waals surface area contributed by atoms with E-state index >= 15 is 0 Å². The molecule has 3 heterocycles. The summed E-state index contributed by atoms with van der Waals surface area (Å²) in [5.41, 5.74) is 1.30. The molecule has 1 aliphatic carbocycles. The Hall–Kier alpha value is -2.68. The van der Waals surface area contributed by atoms with Gasteiger partial charge in [0.05, 0.1) is 6.04 Å². The number of fused-ring (bicyclic) bond motifs is 8. The lowest BCUT2D eigenvalue weighted by Gasteiger charge is -2.54. The third kappa shape index (κ3) is 2.95. The van der Waals surface area contributed by atoms with Crippen LogP contribution >= 0.6 is 12.2 Å². The summed E-state index contributed by atoms with van der Waals surface area (Å²) in [6.45, 7) is 6.79. The number of benzene rings is 1. The number of urea groups is 1. The number of hydrogen-bond donors (Lipinski definition) is 2. The zero-order valence-corrected chi connectivity index (χ0v) is 21.5. The predicted octanol–water partition coefficient (Wildman–Crippen LogP) is 2.97. The molecule has 2 N–H and O–H groups in total. The molecule has 4 aliphatic rings. The van der Waals surface area contributed by atoms with E-state index in [1.807, 2.05) is 12.1 Å². The maximum absolute atomic E-state index is 14.0. The van der Waals surface area contributed by atoms with E-state index in [9.17, 15) is 14.4 Å². The standard InChI is InChI=1S/C25H33N5O3S/c1-23(2)11-16-12-24(3,13-23)18-25(19(31)28(5)22(33)29(6)20(25)32)10-14-9-15(27-21(34)26-4)7-8-17(14)30(16)18/h7-9,16,18H,10-13H2,1-6H3,(H2,26,27,34)/t16-,18-,24+/m0/s1. The second-order valence-corrected chi connectivity index (χ2v) is 12.0. The Labute approximate surface area is 206 Å². The van der Waals surface area contributed by atoms with Crippen LogP contribution in [0.15, 0.2) is 18.2 Å². The van der Waals surface area contributed by atoms with Gasteiger partial charge in [-0.1, -0.05) is 20.8 Å². The molecule has 0 radical (unpaired) electrons. The molecule has 3 fully saturated rings. The van der Waals surface area contributed by atoms with Crippen molar-refractivity contribution in [1.29, 1.82) is 0 Å². The van der Waals surface area contributed by atoms with E-state index in [2.05, 4.69) is 42.4 Å². The van der Waals surface area contributed by atoms with Crippen LogP contribution in [0.5, 0.6) is 0 Å². The minimum atomic E-state index is -1.35. The van der Waals surface area contributed by atoms with Crippen LogP contribution in [0.25, 0.3) is 0 Å². The number of amides is 4. The Kier molecular flexibility index (Phi) is 4.86. The van der Waals surface area contributed by atoms with Gasteiger partial charge in [-0.3, -0.25) is 19.4 Å². The third-order valence-electron chi connectivity index (χ3n) is 8.43. The van der Waals surface area contributed by atoms with Crippen LogP contribution < -0.4 is 15.5 Å². The van der Waals surface area contributed by atoms with Gasteiger partial charge in [-0.2, -0.15) is 0 Å². The van der Waals surface area contributed by atoms with E-state index in [0.717, 1.165) is 46.0 Å². The SMILES string of the molecule is CNC(=S)Nc1ccc2c(c1)CC1(C(=O)N(C)C(=O)N(C)C1=O)[C@H]1N2[C@H]2CC(C)(C)C[C@@]1(C)C2. The Morgan fingerprint density at radius 2 is 1.71 bits per heavy atom. The van der Waals surface area contributed by atoms with Gasteiger partial charge < -0.3 is 15.5 Å². The highest BCUT2D eigenvalue weighted by molar-refractivity contribution is 7.80. The van der Waals surface area contributed by atoms with Gasteiger partial charge in [0.25, 0.3) is 0 Å². The van der Waals surface area contributed by atoms with Crippen molar-refractivity contribution < 1.29 is 14.4 Å². The third-order valence-corrected chi connectivity index (χ3v) is 8.74. The number of carbonyl (C=O) groups is 3. The van der Waals surface area contributed by atoms with Crippen molar-refractivity contribution in [1.82, 2.24) is 15.1 Å². The normalized spacial score (nSPS) is 30.9. The molecule has 1 saturated carbocycles. The monoisotopic (exact) mass is 483 g/mol. The number of rotatable bonds is 1. The smallest absolute Gasteiger partial charge is 0.332 e. The highest BCUT2D eigenvalue weighted by atomic mass is 32.1. The highest BCUT2D eigenvalue weighted by Crippen LogP contribution is 2.64. The van der Waals surface area contributed by atoms with Crippen molar-refractivity contribution in [2.45, 2.75) is 58.5 Å². The summed E-state index contributed by atoms with van der Waals surface area (Å²) in [5.74, 6) is -0.783. The van der Waals surface area contributed by atoms with Crippen LogP contribution in [-0.4, -0.2) is 66.0 Å². The van der Waals surface area contributed by atoms with Crippen molar-refractivity contribution in [2.75, 3.05) is 31.4 Å².